The topological polar surface area (TPSA) is 36.3 Å². The molecule has 118 valence electrons. The van der Waals surface area contributed by atoms with E-state index in [4.69, 9.17) is 9.47 Å². The molecule has 1 fully saturated rings. The number of aryl methyl sites for hydroxylation is 3. The number of rotatable bonds is 5. The van der Waals surface area contributed by atoms with E-state index in [0.29, 0.717) is 0 Å². The molecule has 0 N–H and O–H groups in total. The summed E-state index contributed by atoms with van der Waals surface area (Å²) in [4.78, 5) is 4.10. The summed E-state index contributed by atoms with van der Waals surface area (Å²) in [5.41, 5.74) is 3.86. The summed E-state index contributed by atoms with van der Waals surface area (Å²) in [6, 6.07) is 6.66. The molecule has 2 aromatic rings. The fourth-order valence-corrected chi connectivity index (χ4v) is 3.15. The Labute approximate surface area is 132 Å². The van der Waals surface area contributed by atoms with E-state index in [2.05, 4.69) is 41.6 Å². The molecule has 0 unspecified atom stereocenters. The first kappa shape index (κ1) is 15.3. The van der Waals surface area contributed by atoms with Gasteiger partial charge in [0.1, 0.15) is 0 Å². The number of aromatic nitrogens is 2. The minimum Gasteiger partial charge on any atom is -0.349 e. The predicted octanol–water partition coefficient (Wildman–Crippen LogP) is 3.27. The Morgan fingerprint density at radius 1 is 1.14 bits per heavy atom. The molecule has 2 heterocycles. The van der Waals surface area contributed by atoms with E-state index in [1.807, 2.05) is 12.5 Å². The Kier molecular flexibility index (Phi) is 4.60. The maximum atomic E-state index is 6.09. The monoisotopic (exact) mass is 300 g/mol. The molecule has 3 rings (SSSR count). The van der Waals surface area contributed by atoms with Crippen LogP contribution in [0.4, 0.5) is 0 Å². The average molecular weight is 300 g/mol. The second-order valence-corrected chi connectivity index (χ2v) is 6.18. The number of nitrogens with zero attached hydrogens (tertiary/aromatic N) is 2. The maximum absolute atomic E-state index is 6.09. The van der Waals surface area contributed by atoms with E-state index in [-0.39, 0.29) is 0 Å². The summed E-state index contributed by atoms with van der Waals surface area (Å²) in [5.74, 6) is -0.511. The van der Waals surface area contributed by atoms with Crippen molar-refractivity contribution in [3.05, 3.63) is 53.6 Å². The lowest BCUT2D eigenvalue weighted by Gasteiger charge is -2.37. The van der Waals surface area contributed by atoms with E-state index < -0.39 is 5.79 Å². The van der Waals surface area contributed by atoms with Crippen LogP contribution < -0.4 is 0 Å². The van der Waals surface area contributed by atoms with E-state index in [1.54, 1.807) is 6.20 Å². The highest BCUT2D eigenvalue weighted by molar-refractivity contribution is 5.29. The SMILES string of the molecule is Cc1cc(C)cc(CC2(CCn3ccnc3)OCCCO2)c1. The minimum absolute atomic E-state index is 0.511. The van der Waals surface area contributed by atoms with Gasteiger partial charge in [0, 0.05) is 31.8 Å². The number of imidazole rings is 1. The molecule has 0 radical (unpaired) electrons. The van der Waals surface area contributed by atoms with Gasteiger partial charge >= 0.3 is 0 Å². The van der Waals surface area contributed by atoms with Crippen LogP contribution in [-0.4, -0.2) is 28.6 Å². The van der Waals surface area contributed by atoms with Crippen LogP contribution in [-0.2, 0) is 22.4 Å². The van der Waals surface area contributed by atoms with Crippen molar-refractivity contribution in [3.63, 3.8) is 0 Å². The summed E-state index contributed by atoms with van der Waals surface area (Å²) in [6.45, 7) is 6.67. The van der Waals surface area contributed by atoms with Gasteiger partial charge in [0.05, 0.1) is 19.5 Å². The third kappa shape index (κ3) is 3.76. The molecular formula is C18H24N2O2. The van der Waals surface area contributed by atoms with Crippen molar-refractivity contribution in [2.24, 2.45) is 0 Å². The van der Waals surface area contributed by atoms with Gasteiger partial charge in [0.2, 0.25) is 0 Å². The Morgan fingerprint density at radius 2 is 1.86 bits per heavy atom. The summed E-state index contributed by atoms with van der Waals surface area (Å²) in [6.07, 6.45) is 8.22. The molecule has 1 aliphatic rings. The second kappa shape index (κ2) is 6.63. The number of benzene rings is 1. The first-order valence-electron chi connectivity index (χ1n) is 7.96. The van der Waals surface area contributed by atoms with Crippen LogP contribution >= 0.6 is 0 Å². The van der Waals surface area contributed by atoms with Crippen LogP contribution in [0, 0.1) is 13.8 Å². The fourth-order valence-electron chi connectivity index (χ4n) is 3.15. The van der Waals surface area contributed by atoms with Gasteiger partial charge in [-0.15, -0.1) is 0 Å². The molecule has 1 aromatic heterocycles. The summed E-state index contributed by atoms with van der Waals surface area (Å²) in [7, 11) is 0. The molecule has 4 heteroatoms. The van der Waals surface area contributed by atoms with E-state index in [0.717, 1.165) is 39.0 Å². The number of hydrogen-bond donors (Lipinski definition) is 0. The lowest BCUT2D eigenvalue weighted by molar-refractivity contribution is -0.270. The van der Waals surface area contributed by atoms with Crippen LogP contribution in [0.1, 0.15) is 29.5 Å². The molecule has 1 aliphatic heterocycles. The van der Waals surface area contributed by atoms with Crippen LogP contribution in [0.2, 0.25) is 0 Å². The third-order valence-electron chi connectivity index (χ3n) is 4.08. The fraction of sp³-hybridized carbons (Fsp3) is 0.500. The smallest absolute Gasteiger partial charge is 0.173 e. The van der Waals surface area contributed by atoms with Crippen molar-refractivity contribution in [2.45, 2.75) is 45.4 Å². The largest absolute Gasteiger partial charge is 0.349 e. The number of hydrogen-bond acceptors (Lipinski definition) is 3. The minimum atomic E-state index is -0.511. The molecule has 0 aliphatic carbocycles. The van der Waals surface area contributed by atoms with Crippen LogP contribution in [0.25, 0.3) is 0 Å². The molecule has 0 atom stereocenters. The first-order chi connectivity index (χ1) is 10.7. The predicted molar refractivity (Wildman–Crippen MR) is 85.7 cm³/mol. The Bertz CT molecular complexity index is 581. The molecule has 22 heavy (non-hydrogen) atoms. The highest BCUT2D eigenvalue weighted by atomic mass is 16.7. The van der Waals surface area contributed by atoms with Crippen molar-refractivity contribution < 1.29 is 9.47 Å². The molecule has 1 saturated heterocycles. The summed E-state index contributed by atoms with van der Waals surface area (Å²) < 4.78 is 14.3. The first-order valence-corrected chi connectivity index (χ1v) is 7.96. The lowest BCUT2D eigenvalue weighted by Crippen LogP contribution is -2.43. The van der Waals surface area contributed by atoms with Crippen LogP contribution in [0.5, 0.6) is 0 Å². The average Bonchev–Trinajstić information content (AvgIpc) is 2.98. The van der Waals surface area contributed by atoms with E-state index in [1.165, 1.54) is 16.7 Å². The van der Waals surface area contributed by atoms with Crippen molar-refractivity contribution >= 4 is 0 Å². The van der Waals surface area contributed by atoms with Gasteiger partial charge in [-0.1, -0.05) is 29.3 Å². The zero-order valence-electron chi connectivity index (χ0n) is 13.4. The quantitative estimate of drug-likeness (QED) is 0.850. The van der Waals surface area contributed by atoms with Crippen molar-refractivity contribution in [1.29, 1.82) is 0 Å². The molecule has 0 spiro atoms. The molecule has 0 bridgehead atoms. The van der Waals surface area contributed by atoms with Crippen LogP contribution in [0.3, 0.4) is 0 Å². The maximum Gasteiger partial charge on any atom is 0.173 e. The van der Waals surface area contributed by atoms with Gasteiger partial charge < -0.3 is 14.0 Å². The van der Waals surface area contributed by atoms with Gasteiger partial charge in [0.15, 0.2) is 5.79 Å². The van der Waals surface area contributed by atoms with Crippen molar-refractivity contribution in [3.8, 4) is 0 Å². The molecule has 1 aromatic carbocycles. The Morgan fingerprint density at radius 3 is 2.50 bits per heavy atom. The summed E-state index contributed by atoms with van der Waals surface area (Å²) in [5, 5.41) is 0. The van der Waals surface area contributed by atoms with E-state index in [9.17, 15) is 0 Å². The van der Waals surface area contributed by atoms with Gasteiger partial charge in [-0.05, 0) is 25.8 Å². The van der Waals surface area contributed by atoms with Gasteiger partial charge in [0.25, 0.3) is 0 Å². The molecule has 4 nitrogen and oxygen atoms in total. The highest BCUT2D eigenvalue weighted by Gasteiger charge is 2.34. The van der Waals surface area contributed by atoms with Gasteiger partial charge in [-0.25, -0.2) is 4.98 Å². The third-order valence-corrected chi connectivity index (χ3v) is 4.08. The second-order valence-electron chi connectivity index (χ2n) is 6.18. The molecular weight excluding hydrogens is 276 g/mol. The van der Waals surface area contributed by atoms with Gasteiger partial charge in [-0.2, -0.15) is 0 Å². The Hall–Kier alpha value is -1.65. The van der Waals surface area contributed by atoms with Crippen molar-refractivity contribution in [2.75, 3.05) is 13.2 Å². The standard InChI is InChI=1S/C18H24N2O2/c1-15-10-16(2)12-17(11-15)13-18(21-8-3-9-22-18)4-6-20-7-5-19-14-20/h5,7,10-12,14H,3-4,6,8-9,13H2,1-2H3. The van der Waals surface area contributed by atoms with Gasteiger partial charge in [-0.3, -0.25) is 0 Å². The summed E-state index contributed by atoms with van der Waals surface area (Å²) >= 11 is 0. The van der Waals surface area contributed by atoms with E-state index >= 15 is 0 Å². The zero-order valence-corrected chi connectivity index (χ0v) is 13.4. The van der Waals surface area contributed by atoms with Crippen molar-refractivity contribution in [1.82, 2.24) is 9.55 Å². The number of ether oxygens (including phenoxy) is 2. The zero-order chi connectivity index (χ0) is 15.4. The molecule has 0 saturated carbocycles. The Balaban J connectivity index is 1.76. The highest BCUT2D eigenvalue weighted by Crippen LogP contribution is 2.29. The molecule has 0 amide bonds. The normalized spacial score (nSPS) is 17.5. The van der Waals surface area contributed by atoms with Crippen LogP contribution in [0.15, 0.2) is 36.9 Å². The lowest BCUT2D eigenvalue weighted by atomic mass is 9.97.